The SMILES string of the molecule is CC(NCc1ccc(Cl)cc1)c1ccncc1. The molecule has 1 atom stereocenters. The maximum Gasteiger partial charge on any atom is 0.0406 e. The second-order valence-electron chi connectivity index (χ2n) is 4.01. The Kier molecular flexibility index (Phi) is 4.13. The number of nitrogens with zero attached hydrogens (tertiary/aromatic N) is 1. The predicted octanol–water partition coefficient (Wildman–Crippen LogP) is 3.59. The number of aromatic nitrogens is 1. The first-order chi connectivity index (χ1) is 8.25. The zero-order chi connectivity index (χ0) is 12.1. The van der Waals surface area contributed by atoms with Gasteiger partial charge in [0.05, 0.1) is 0 Å². The Bertz CT molecular complexity index is 453. The van der Waals surface area contributed by atoms with Gasteiger partial charge in [-0.15, -0.1) is 0 Å². The van der Waals surface area contributed by atoms with E-state index in [1.54, 1.807) is 0 Å². The Balaban J connectivity index is 1.92. The van der Waals surface area contributed by atoms with E-state index in [-0.39, 0.29) is 0 Å². The van der Waals surface area contributed by atoms with E-state index in [9.17, 15) is 0 Å². The Hall–Kier alpha value is -1.38. The number of nitrogens with one attached hydrogen (secondary N) is 1. The fourth-order valence-corrected chi connectivity index (χ4v) is 1.77. The van der Waals surface area contributed by atoms with Crippen LogP contribution in [0.15, 0.2) is 48.8 Å². The number of rotatable bonds is 4. The summed E-state index contributed by atoms with van der Waals surface area (Å²) in [7, 11) is 0. The van der Waals surface area contributed by atoms with Crippen molar-refractivity contribution in [3.63, 3.8) is 0 Å². The molecule has 0 aliphatic rings. The van der Waals surface area contributed by atoms with E-state index in [2.05, 4.69) is 17.2 Å². The van der Waals surface area contributed by atoms with Crippen molar-refractivity contribution in [3.8, 4) is 0 Å². The minimum atomic E-state index is 0.314. The third kappa shape index (κ3) is 3.55. The number of halogens is 1. The lowest BCUT2D eigenvalue weighted by Crippen LogP contribution is -2.17. The average Bonchev–Trinajstić information content (AvgIpc) is 2.39. The number of pyridine rings is 1. The summed E-state index contributed by atoms with van der Waals surface area (Å²) in [5.41, 5.74) is 2.48. The molecular weight excluding hydrogens is 232 g/mol. The molecule has 3 heteroatoms. The van der Waals surface area contributed by atoms with Gasteiger partial charge in [0.15, 0.2) is 0 Å². The van der Waals surface area contributed by atoms with E-state index in [4.69, 9.17) is 11.6 Å². The average molecular weight is 247 g/mol. The summed E-state index contributed by atoms with van der Waals surface area (Å²) in [6.45, 7) is 2.98. The second kappa shape index (κ2) is 5.80. The zero-order valence-electron chi connectivity index (χ0n) is 9.73. The van der Waals surface area contributed by atoms with Gasteiger partial charge >= 0.3 is 0 Å². The molecule has 1 unspecified atom stereocenters. The maximum absolute atomic E-state index is 5.84. The van der Waals surface area contributed by atoms with Gasteiger partial charge in [-0.3, -0.25) is 4.98 Å². The molecule has 17 heavy (non-hydrogen) atoms. The van der Waals surface area contributed by atoms with E-state index < -0.39 is 0 Å². The highest BCUT2D eigenvalue weighted by molar-refractivity contribution is 6.30. The van der Waals surface area contributed by atoms with Crippen LogP contribution in [0, 0.1) is 0 Å². The predicted molar refractivity (Wildman–Crippen MR) is 70.9 cm³/mol. The number of benzene rings is 1. The number of hydrogen-bond acceptors (Lipinski definition) is 2. The Labute approximate surface area is 107 Å². The third-order valence-corrected chi connectivity index (χ3v) is 2.98. The van der Waals surface area contributed by atoms with Crippen LogP contribution in [0.2, 0.25) is 5.02 Å². The van der Waals surface area contributed by atoms with Gasteiger partial charge in [0.1, 0.15) is 0 Å². The summed E-state index contributed by atoms with van der Waals surface area (Å²) in [6, 6.07) is 12.3. The maximum atomic E-state index is 5.84. The Morgan fingerprint density at radius 3 is 2.41 bits per heavy atom. The fourth-order valence-electron chi connectivity index (χ4n) is 1.64. The molecule has 0 aliphatic heterocycles. The van der Waals surface area contributed by atoms with Crippen molar-refractivity contribution in [2.45, 2.75) is 19.5 Å². The largest absolute Gasteiger partial charge is 0.306 e. The van der Waals surface area contributed by atoms with Crippen molar-refractivity contribution in [2.75, 3.05) is 0 Å². The van der Waals surface area contributed by atoms with Crippen molar-refractivity contribution >= 4 is 11.6 Å². The Morgan fingerprint density at radius 2 is 1.76 bits per heavy atom. The van der Waals surface area contributed by atoms with Crippen LogP contribution in [0.25, 0.3) is 0 Å². The molecule has 0 fully saturated rings. The quantitative estimate of drug-likeness (QED) is 0.892. The number of hydrogen-bond donors (Lipinski definition) is 1. The van der Waals surface area contributed by atoms with Gasteiger partial charge < -0.3 is 5.32 Å². The van der Waals surface area contributed by atoms with Gasteiger partial charge in [-0.05, 0) is 42.3 Å². The van der Waals surface area contributed by atoms with Gasteiger partial charge in [0.2, 0.25) is 0 Å². The van der Waals surface area contributed by atoms with E-state index in [1.807, 2.05) is 48.8 Å². The molecule has 0 bridgehead atoms. The monoisotopic (exact) mass is 246 g/mol. The highest BCUT2D eigenvalue weighted by atomic mass is 35.5. The van der Waals surface area contributed by atoms with Crippen molar-refractivity contribution in [1.29, 1.82) is 0 Å². The highest BCUT2D eigenvalue weighted by Crippen LogP contribution is 2.13. The molecule has 1 N–H and O–H groups in total. The lowest BCUT2D eigenvalue weighted by molar-refractivity contribution is 0.574. The lowest BCUT2D eigenvalue weighted by Gasteiger charge is -2.13. The first-order valence-electron chi connectivity index (χ1n) is 5.63. The second-order valence-corrected chi connectivity index (χ2v) is 4.45. The standard InChI is InChI=1S/C14H15ClN2/c1-11(13-6-8-16-9-7-13)17-10-12-2-4-14(15)5-3-12/h2-9,11,17H,10H2,1H3. The molecule has 1 aromatic carbocycles. The topological polar surface area (TPSA) is 24.9 Å². The van der Waals surface area contributed by atoms with Crippen LogP contribution in [0.5, 0.6) is 0 Å². The van der Waals surface area contributed by atoms with Gasteiger partial charge in [-0.25, -0.2) is 0 Å². The van der Waals surface area contributed by atoms with Crippen LogP contribution >= 0.6 is 11.6 Å². The van der Waals surface area contributed by atoms with E-state index in [1.165, 1.54) is 11.1 Å². The summed E-state index contributed by atoms with van der Waals surface area (Å²) < 4.78 is 0. The molecule has 0 spiro atoms. The molecule has 2 aromatic rings. The van der Waals surface area contributed by atoms with Gasteiger partial charge in [-0.1, -0.05) is 23.7 Å². The summed E-state index contributed by atoms with van der Waals surface area (Å²) >= 11 is 5.84. The molecule has 2 rings (SSSR count). The molecule has 0 amide bonds. The molecular formula is C14H15ClN2. The normalized spacial score (nSPS) is 12.4. The third-order valence-electron chi connectivity index (χ3n) is 2.73. The molecule has 0 aliphatic carbocycles. The van der Waals surface area contributed by atoms with Gasteiger partial charge in [-0.2, -0.15) is 0 Å². The highest BCUT2D eigenvalue weighted by Gasteiger charge is 2.03. The zero-order valence-corrected chi connectivity index (χ0v) is 10.5. The van der Waals surface area contributed by atoms with Crippen molar-refractivity contribution in [2.24, 2.45) is 0 Å². The lowest BCUT2D eigenvalue weighted by atomic mass is 10.1. The van der Waals surface area contributed by atoms with Crippen molar-refractivity contribution in [3.05, 3.63) is 64.9 Å². The first-order valence-corrected chi connectivity index (χ1v) is 6.01. The van der Waals surface area contributed by atoms with Crippen LogP contribution in [0.1, 0.15) is 24.1 Å². The molecule has 1 aromatic heterocycles. The molecule has 0 saturated heterocycles. The molecule has 0 saturated carbocycles. The molecule has 88 valence electrons. The van der Waals surface area contributed by atoms with Crippen LogP contribution in [0.3, 0.4) is 0 Å². The summed E-state index contributed by atoms with van der Waals surface area (Å²) in [5, 5.41) is 4.24. The van der Waals surface area contributed by atoms with Crippen LogP contribution in [-0.2, 0) is 6.54 Å². The van der Waals surface area contributed by atoms with E-state index in [0.717, 1.165) is 11.6 Å². The summed E-state index contributed by atoms with van der Waals surface area (Å²) in [5.74, 6) is 0. The van der Waals surface area contributed by atoms with E-state index >= 15 is 0 Å². The Morgan fingerprint density at radius 1 is 1.12 bits per heavy atom. The minimum absolute atomic E-state index is 0.314. The first kappa shape index (κ1) is 12.1. The minimum Gasteiger partial charge on any atom is -0.306 e. The fraction of sp³-hybridized carbons (Fsp3) is 0.214. The van der Waals surface area contributed by atoms with Crippen LogP contribution in [-0.4, -0.2) is 4.98 Å². The molecule has 0 radical (unpaired) electrons. The van der Waals surface area contributed by atoms with Crippen LogP contribution in [0.4, 0.5) is 0 Å². The van der Waals surface area contributed by atoms with E-state index in [0.29, 0.717) is 6.04 Å². The van der Waals surface area contributed by atoms with Crippen molar-refractivity contribution in [1.82, 2.24) is 10.3 Å². The van der Waals surface area contributed by atoms with Crippen molar-refractivity contribution < 1.29 is 0 Å². The summed E-state index contributed by atoms with van der Waals surface area (Å²) in [6.07, 6.45) is 3.63. The molecule has 2 nitrogen and oxygen atoms in total. The van der Waals surface area contributed by atoms with Gasteiger partial charge in [0.25, 0.3) is 0 Å². The smallest absolute Gasteiger partial charge is 0.0406 e. The van der Waals surface area contributed by atoms with Gasteiger partial charge in [0, 0.05) is 30.0 Å². The summed E-state index contributed by atoms with van der Waals surface area (Å²) in [4.78, 5) is 4.01. The van der Waals surface area contributed by atoms with Crippen LogP contribution < -0.4 is 5.32 Å². The molecule has 1 heterocycles.